The number of benzene rings is 3. The van der Waals surface area contributed by atoms with E-state index in [9.17, 15) is 9.59 Å². The topological polar surface area (TPSA) is 118 Å². The molecule has 1 aromatic heterocycles. The van der Waals surface area contributed by atoms with E-state index in [1.807, 2.05) is 91.0 Å². The van der Waals surface area contributed by atoms with Gasteiger partial charge in [0.1, 0.15) is 37.7 Å². The predicted molar refractivity (Wildman–Crippen MR) is 184 cm³/mol. The Kier molecular flexibility index (Phi) is 13.7. The van der Waals surface area contributed by atoms with Gasteiger partial charge in [0, 0.05) is 32.4 Å². The molecular weight excluding hydrogens is 644 g/mol. The van der Waals surface area contributed by atoms with Gasteiger partial charge in [-0.15, -0.1) is 0 Å². The largest absolute Gasteiger partial charge is 0.374 e. The summed E-state index contributed by atoms with van der Waals surface area (Å²) in [5.74, 6) is 0. The van der Waals surface area contributed by atoms with E-state index in [1.54, 1.807) is 6.92 Å². The molecule has 1 aliphatic heterocycles. The van der Waals surface area contributed by atoms with Crippen LogP contribution in [0.5, 0.6) is 0 Å². The van der Waals surface area contributed by atoms with Crippen LogP contribution in [0, 0.1) is 6.92 Å². The maximum Gasteiger partial charge on any atom is 0.335 e. The average molecular weight is 691 g/mol. The van der Waals surface area contributed by atoms with Crippen molar-refractivity contribution < 1.29 is 37.9 Å². The van der Waals surface area contributed by atoms with Crippen molar-refractivity contribution in [3.05, 3.63) is 140 Å². The molecule has 2 heterocycles. The normalized spacial score (nSPS) is 20.3. The van der Waals surface area contributed by atoms with Gasteiger partial charge in [0.05, 0.1) is 39.6 Å². The molecule has 0 bridgehead atoms. The van der Waals surface area contributed by atoms with Crippen molar-refractivity contribution in [2.45, 2.75) is 57.3 Å². The van der Waals surface area contributed by atoms with Crippen molar-refractivity contribution in [3.8, 4) is 0 Å². The SMILES string of the molecule is COCOCC1(OCc2ccccc2)C[C@H](n2cc(C)c(=O)n(COCc3ccccc3)c2=O)O[C@]1(COCOC)COCc1ccccc1. The lowest BCUT2D eigenvalue weighted by molar-refractivity contribution is -0.247. The quantitative estimate of drug-likeness (QED) is 0.0965. The van der Waals surface area contributed by atoms with Gasteiger partial charge in [0.25, 0.3) is 5.56 Å². The number of aromatic nitrogens is 2. The molecule has 0 radical (unpaired) electrons. The van der Waals surface area contributed by atoms with Crippen molar-refractivity contribution in [1.82, 2.24) is 9.13 Å². The van der Waals surface area contributed by atoms with Gasteiger partial charge in [0.15, 0.2) is 0 Å². The van der Waals surface area contributed by atoms with Gasteiger partial charge in [-0.1, -0.05) is 91.0 Å². The number of hydrogen-bond donors (Lipinski definition) is 0. The van der Waals surface area contributed by atoms with Crippen molar-refractivity contribution in [1.29, 1.82) is 0 Å². The molecule has 3 aromatic carbocycles. The fraction of sp³-hybridized carbons (Fsp3) is 0.421. The lowest BCUT2D eigenvalue weighted by Gasteiger charge is -2.43. The molecule has 268 valence electrons. The molecule has 12 nitrogen and oxygen atoms in total. The minimum atomic E-state index is -1.31. The first-order valence-corrected chi connectivity index (χ1v) is 16.5. The highest BCUT2D eigenvalue weighted by molar-refractivity contribution is 5.17. The molecule has 0 amide bonds. The van der Waals surface area contributed by atoms with Gasteiger partial charge in [-0.3, -0.25) is 9.36 Å². The van der Waals surface area contributed by atoms with Crippen LogP contribution in [0.15, 0.2) is 107 Å². The first-order chi connectivity index (χ1) is 24.4. The van der Waals surface area contributed by atoms with Crippen LogP contribution in [-0.4, -0.2) is 68.0 Å². The number of rotatable bonds is 20. The summed E-state index contributed by atoms with van der Waals surface area (Å²) in [4.78, 5) is 27.3. The van der Waals surface area contributed by atoms with Crippen LogP contribution in [-0.2, 0) is 64.4 Å². The zero-order valence-electron chi connectivity index (χ0n) is 28.9. The Balaban J connectivity index is 1.53. The summed E-state index contributed by atoms with van der Waals surface area (Å²) < 4.78 is 51.0. The fourth-order valence-corrected chi connectivity index (χ4v) is 6.02. The smallest absolute Gasteiger partial charge is 0.335 e. The standard InChI is InChI=1S/C38H46N2O10/c1-30-20-39(36(42)40(35(30)41)27-46-22-32-15-9-5-10-16-32)34-19-37(24-47-28-43-2,49-23-33-17-11-6-12-18-33)38(50-34,26-48-29-44-3)25-45-21-31-13-7-4-8-14-31/h4-18,20,34H,19,21-29H2,1-3H3/t34-,37?,38+/m1/s1. The molecule has 0 spiro atoms. The highest BCUT2D eigenvalue weighted by Crippen LogP contribution is 2.48. The van der Waals surface area contributed by atoms with Crippen LogP contribution in [0.25, 0.3) is 0 Å². The van der Waals surface area contributed by atoms with Gasteiger partial charge in [0.2, 0.25) is 0 Å². The van der Waals surface area contributed by atoms with Crippen molar-refractivity contribution in [2.24, 2.45) is 0 Å². The second-order valence-electron chi connectivity index (χ2n) is 12.2. The summed E-state index contributed by atoms with van der Waals surface area (Å²) in [6.07, 6.45) is 0.755. The summed E-state index contributed by atoms with van der Waals surface area (Å²) in [6, 6.07) is 29.0. The fourth-order valence-electron chi connectivity index (χ4n) is 6.02. The van der Waals surface area contributed by atoms with E-state index in [4.69, 9.17) is 37.9 Å². The number of hydrogen-bond acceptors (Lipinski definition) is 10. The Morgan fingerprint density at radius 3 is 1.80 bits per heavy atom. The van der Waals surface area contributed by atoms with E-state index in [0.717, 1.165) is 21.3 Å². The molecule has 1 saturated heterocycles. The molecule has 50 heavy (non-hydrogen) atoms. The Bertz CT molecular complexity index is 1720. The predicted octanol–water partition coefficient (Wildman–Crippen LogP) is 4.56. The summed E-state index contributed by atoms with van der Waals surface area (Å²) in [5, 5.41) is 0. The Morgan fingerprint density at radius 1 is 0.700 bits per heavy atom. The van der Waals surface area contributed by atoms with Crippen LogP contribution >= 0.6 is 0 Å². The number of nitrogens with zero attached hydrogens (tertiary/aromatic N) is 2. The molecule has 4 aromatic rings. The Labute approximate surface area is 292 Å². The number of methoxy groups -OCH3 is 2. The van der Waals surface area contributed by atoms with Gasteiger partial charge in [-0.2, -0.15) is 0 Å². The van der Waals surface area contributed by atoms with Crippen LogP contribution < -0.4 is 11.2 Å². The first kappa shape index (κ1) is 37.3. The van der Waals surface area contributed by atoms with Gasteiger partial charge >= 0.3 is 5.69 Å². The number of aryl methyl sites for hydroxylation is 1. The Hall–Kier alpha value is -3.98. The second kappa shape index (κ2) is 18.3. The highest BCUT2D eigenvalue weighted by Gasteiger charge is 2.62. The first-order valence-electron chi connectivity index (χ1n) is 16.5. The molecule has 0 aliphatic carbocycles. The molecule has 1 aliphatic rings. The summed E-state index contributed by atoms with van der Waals surface area (Å²) >= 11 is 0. The monoisotopic (exact) mass is 690 g/mol. The molecular formula is C38H46N2O10. The highest BCUT2D eigenvalue weighted by atomic mass is 16.7. The van der Waals surface area contributed by atoms with Gasteiger partial charge in [-0.05, 0) is 23.6 Å². The molecule has 12 heteroatoms. The van der Waals surface area contributed by atoms with Gasteiger partial charge in [-0.25, -0.2) is 9.36 Å². The summed E-state index contributed by atoms with van der Waals surface area (Å²) in [7, 11) is 3.07. The van der Waals surface area contributed by atoms with Crippen LogP contribution in [0.4, 0.5) is 0 Å². The van der Waals surface area contributed by atoms with Crippen molar-refractivity contribution in [3.63, 3.8) is 0 Å². The van der Waals surface area contributed by atoms with Gasteiger partial charge < -0.3 is 37.9 Å². The molecule has 5 rings (SSSR count). The van der Waals surface area contributed by atoms with E-state index in [2.05, 4.69) is 0 Å². The maximum atomic E-state index is 14.1. The third kappa shape index (κ3) is 9.22. The average Bonchev–Trinajstić information content (AvgIpc) is 3.45. The van der Waals surface area contributed by atoms with E-state index in [0.29, 0.717) is 5.56 Å². The second-order valence-corrected chi connectivity index (χ2v) is 12.2. The molecule has 1 fully saturated rings. The number of ether oxygens (including phenoxy) is 8. The van der Waals surface area contributed by atoms with Crippen LogP contribution in [0.3, 0.4) is 0 Å². The maximum absolute atomic E-state index is 14.1. The van der Waals surface area contributed by atoms with E-state index in [1.165, 1.54) is 25.0 Å². The van der Waals surface area contributed by atoms with Crippen molar-refractivity contribution >= 4 is 0 Å². The molecule has 1 unspecified atom stereocenters. The molecule has 0 N–H and O–H groups in total. The van der Waals surface area contributed by atoms with E-state index in [-0.39, 0.29) is 66.4 Å². The minimum absolute atomic E-state index is 0.0102. The van der Waals surface area contributed by atoms with Crippen molar-refractivity contribution in [2.75, 3.05) is 47.6 Å². The molecule has 3 atom stereocenters. The van der Waals surface area contributed by atoms with Crippen LogP contribution in [0.1, 0.15) is 34.9 Å². The summed E-state index contributed by atoms with van der Waals surface area (Å²) in [6.45, 7) is 2.11. The lowest BCUT2D eigenvalue weighted by atomic mass is 9.83. The zero-order valence-corrected chi connectivity index (χ0v) is 28.9. The van der Waals surface area contributed by atoms with Crippen LogP contribution in [0.2, 0.25) is 0 Å². The Morgan fingerprint density at radius 2 is 1.22 bits per heavy atom. The lowest BCUT2D eigenvalue weighted by Crippen LogP contribution is -2.61. The molecule has 0 saturated carbocycles. The third-order valence-electron chi connectivity index (χ3n) is 8.58. The zero-order chi connectivity index (χ0) is 35.2. The van der Waals surface area contributed by atoms with E-state index >= 15 is 0 Å². The third-order valence-corrected chi connectivity index (χ3v) is 8.58. The van der Waals surface area contributed by atoms with E-state index < -0.39 is 28.7 Å². The minimum Gasteiger partial charge on any atom is -0.374 e. The summed E-state index contributed by atoms with van der Waals surface area (Å²) in [5.41, 5.74) is -0.426.